The molecule has 0 radical (unpaired) electrons. The van der Waals surface area contributed by atoms with Crippen LogP contribution in [-0.4, -0.2) is 14.2 Å². The van der Waals surface area contributed by atoms with Crippen molar-refractivity contribution in [1.82, 2.24) is 0 Å². The summed E-state index contributed by atoms with van der Waals surface area (Å²) in [5, 5.41) is 8.77. The van der Waals surface area contributed by atoms with Gasteiger partial charge in [0, 0.05) is 0 Å². The maximum Gasteiger partial charge on any atom is 0.154 e. The number of hydrogen-bond acceptors (Lipinski definition) is 3. The Morgan fingerprint density at radius 2 is 2.12 bits per heavy atom. The normalized spacial score (nSPS) is 11.1. The molecule has 0 amide bonds. The lowest BCUT2D eigenvalue weighted by atomic mass is 10.1. The van der Waals surface area contributed by atoms with Gasteiger partial charge in [0.25, 0.3) is 0 Å². The van der Waals surface area contributed by atoms with Crippen LogP contribution in [0.25, 0.3) is 0 Å². The number of benzene rings is 1. The van der Waals surface area contributed by atoms with Crippen LogP contribution in [-0.2, 0) is 15.6 Å². The highest BCUT2D eigenvalue weighted by atomic mass is 32.2. The van der Waals surface area contributed by atoms with Gasteiger partial charge in [-0.1, -0.05) is 6.92 Å². The number of nitriles is 1. The van der Waals surface area contributed by atoms with E-state index in [0.717, 1.165) is 12.1 Å². The Morgan fingerprint density at radius 3 is 2.69 bits per heavy atom. The van der Waals surface area contributed by atoms with Crippen molar-refractivity contribution in [2.75, 3.05) is 5.75 Å². The van der Waals surface area contributed by atoms with E-state index < -0.39 is 15.7 Å². The van der Waals surface area contributed by atoms with Gasteiger partial charge in [0.05, 0.1) is 23.1 Å². The van der Waals surface area contributed by atoms with Crippen molar-refractivity contribution in [3.05, 3.63) is 35.1 Å². The summed E-state index contributed by atoms with van der Waals surface area (Å²) in [5.41, 5.74) is 0.442. The zero-order valence-electron chi connectivity index (χ0n) is 8.90. The second-order valence-corrected chi connectivity index (χ2v) is 5.69. The van der Waals surface area contributed by atoms with E-state index in [4.69, 9.17) is 5.26 Å². The lowest BCUT2D eigenvalue weighted by Crippen LogP contribution is -2.09. The third-order valence-corrected chi connectivity index (χ3v) is 3.86. The minimum atomic E-state index is -3.25. The molecule has 0 unspecified atom stereocenters. The number of nitrogens with zero attached hydrogens (tertiary/aromatic N) is 1. The van der Waals surface area contributed by atoms with Gasteiger partial charge in [-0.2, -0.15) is 5.26 Å². The van der Waals surface area contributed by atoms with Crippen molar-refractivity contribution in [2.45, 2.75) is 19.1 Å². The summed E-state index contributed by atoms with van der Waals surface area (Å²) < 4.78 is 36.0. The Bertz CT molecular complexity index is 517. The van der Waals surface area contributed by atoms with Crippen molar-refractivity contribution in [2.24, 2.45) is 0 Å². The lowest BCUT2D eigenvalue weighted by Gasteiger charge is -2.05. The lowest BCUT2D eigenvalue weighted by molar-refractivity contribution is 0.593. The fourth-order valence-corrected chi connectivity index (χ4v) is 2.89. The fraction of sp³-hybridized carbons (Fsp3) is 0.364. The van der Waals surface area contributed by atoms with Crippen LogP contribution in [0.1, 0.15) is 24.5 Å². The molecule has 0 N–H and O–H groups in total. The number of halogens is 1. The number of rotatable bonds is 4. The van der Waals surface area contributed by atoms with Crippen molar-refractivity contribution >= 4 is 9.84 Å². The summed E-state index contributed by atoms with van der Waals surface area (Å²) in [6, 6.07) is 5.40. The van der Waals surface area contributed by atoms with Gasteiger partial charge in [0.1, 0.15) is 5.82 Å². The van der Waals surface area contributed by atoms with Gasteiger partial charge in [0.15, 0.2) is 9.84 Å². The molecule has 0 aromatic heterocycles. The van der Waals surface area contributed by atoms with Crippen LogP contribution in [0.2, 0.25) is 0 Å². The predicted molar refractivity (Wildman–Crippen MR) is 58.9 cm³/mol. The molecule has 0 saturated heterocycles. The number of sulfone groups is 1. The monoisotopic (exact) mass is 241 g/mol. The van der Waals surface area contributed by atoms with Crippen LogP contribution in [0.3, 0.4) is 0 Å². The Kier molecular flexibility index (Phi) is 4.02. The van der Waals surface area contributed by atoms with E-state index in [-0.39, 0.29) is 22.6 Å². The highest BCUT2D eigenvalue weighted by Crippen LogP contribution is 2.14. The van der Waals surface area contributed by atoms with E-state index in [9.17, 15) is 12.8 Å². The largest absolute Gasteiger partial charge is 0.228 e. The van der Waals surface area contributed by atoms with Gasteiger partial charge in [0.2, 0.25) is 0 Å². The smallest absolute Gasteiger partial charge is 0.154 e. The van der Waals surface area contributed by atoms with Crippen LogP contribution >= 0.6 is 0 Å². The van der Waals surface area contributed by atoms with Crippen LogP contribution in [0.15, 0.2) is 18.2 Å². The molecule has 0 aliphatic carbocycles. The zero-order chi connectivity index (χ0) is 12.2. The van der Waals surface area contributed by atoms with Crippen LogP contribution < -0.4 is 0 Å². The molecule has 0 atom stereocenters. The zero-order valence-corrected chi connectivity index (χ0v) is 9.72. The highest BCUT2D eigenvalue weighted by Gasteiger charge is 2.14. The van der Waals surface area contributed by atoms with Gasteiger partial charge in [-0.05, 0) is 30.2 Å². The molecular weight excluding hydrogens is 229 g/mol. The molecule has 86 valence electrons. The third-order valence-electron chi connectivity index (χ3n) is 2.08. The van der Waals surface area contributed by atoms with Crippen LogP contribution in [0, 0.1) is 17.1 Å². The van der Waals surface area contributed by atoms with Gasteiger partial charge >= 0.3 is 0 Å². The van der Waals surface area contributed by atoms with Gasteiger partial charge in [-0.15, -0.1) is 0 Å². The van der Waals surface area contributed by atoms with Crippen LogP contribution in [0.5, 0.6) is 0 Å². The quantitative estimate of drug-likeness (QED) is 0.810. The molecule has 3 nitrogen and oxygen atoms in total. The van der Waals surface area contributed by atoms with E-state index in [0.29, 0.717) is 6.42 Å². The molecule has 0 spiro atoms. The average Bonchev–Trinajstić information content (AvgIpc) is 2.17. The summed E-state index contributed by atoms with van der Waals surface area (Å²) in [5.74, 6) is -0.753. The van der Waals surface area contributed by atoms with Crippen molar-refractivity contribution in [3.63, 3.8) is 0 Å². The van der Waals surface area contributed by atoms with E-state index in [1.807, 2.05) is 6.07 Å². The molecule has 1 rings (SSSR count). The number of hydrogen-bond donors (Lipinski definition) is 0. The first-order valence-electron chi connectivity index (χ1n) is 4.87. The first-order chi connectivity index (χ1) is 7.48. The molecule has 5 heteroatoms. The Hall–Kier alpha value is -1.41. The van der Waals surface area contributed by atoms with E-state index in [1.165, 1.54) is 6.07 Å². The first kappa shape index (κ1) is 12.7. The summed E-state index contributed by atoms with van der Waals surface area (Å²) in [4.78, 5) is 0. The second-order valence-electron chi connectivity index (χ2n) is 3.51. The van der Waals surface area contributed by atoms with Gasteiger partial charge in [-0.3, -0.25) is 0 Å². The molecule has 0 aliphatic heterocycles. The summed E-state index contributed by atoms with van der Waals surface area (Å²) >= 11 is 0. The van der Waals surface area contributed by atoms with Gasteiger partial charge in [-0.25, -0.2) is 12.8 Å². The molecule has 0 aliphatic rings. The molecular formula is C11H12FNO2S. The average molecular weight is 241 g/mol. The summed E-state index contributed by atoms with van der Waals surface area (Å²) in [6.07, 6.45) is 0.513. The summed E-state index contributed by atoms with van der Waals surface area (Å²) in [6.45, 7) is 1.76. The third kappa shape index (κ3) is 3.31. The van der Waals surface area contributed by atoms with Crippen molar-refractivity contribution in [3.8, 4) is 6.07 Å². The van der Waals surface area contributed by atoms with E-state index in [2.05, 4.69) is 0 Å². The predicted octanol–water partition coefficient (Wildman–Crippen LogP) is 2.02. The maximum absolute atomic E-state index is 12.9. The molecule has 0 saturated carbocycles. The minimum absolute atomic E-state index is 0.0500. The Morgan fingerprint density at radius 1 is 1.44 bits per heavy atom. The molecule has 0 bridgehead atoms. The highest BCUT2D eigenvalue weighted by molar-refractivity contribution is 7.90. The van der Waals surface area contributed by atoms with E-state index in [1.54, 1.807) is 6.92 Å². The van der Waals surface area contributed by atoms with Crippen LogP contribution in [0.4, 0.5) is 4.39 Å². The molecule has 1 aromatic rings. The van der Waals surface area contributed by atoms with Crippen molar-refractivity contribution in [1.29, 1.82) is 5.26 Å². The SMILES string of the molecule is CCCS(=O)(=O)Cc1cc(F)ccc1C#N. The first-order valence-corrected chi connectivity index (χ1v) is 6.69. The maximum atomic E-state index is 12.9. The minimum Gasteiger partial charge on any atom is -0.228 e. The molecule has 16 heavy (non-hydrogen) atoms. The fourth-order valence-electron chi connectivity index (χ4n) is 1.41. The van der Waals surface area contributed by atoms with E-state index >= 15 is 0 Å². The molecule has 0 fully saturated rings. The topological polar surface area (TPSA) is 57.9 Å². The molecule has 1 aromatic carbocycles. The Labute approximate surface area is 94.4 Å². The second kappa shape index (κ2) is 5.08. The van der Waals surface area contributed by atoms with Crippen molar-refractivity contribution < 1.29 is 12.8 Å². The standard InChI is InChI=1S/C11H12FNO2S/c1-2-5-16(14,15)8-10-6-11(12)4-3-9(10)7-13/h3-4,6H,2,5,8H2,1H3. The summed E-state index contributed by atoms with van der Waals surface area (Å²) in [7, 11) is -3.25. The van der Waals surface area contributed by atoms with Gasteiger partial charge < -0.3 is 0 Å². The Balaban J connectivity index is 3.06. The molecule has 0 heterocycles.